The molecule has 0 aliphatic heterocycles. The first-order valence-corrected chi connectivity index (χ1v) is 5.52. The molecule has 0 aromatic rings. The molecule has 0 fully saturated rings. The van der Waals surface area contributed by atoms with E-state index in [-0.39, 0.29) is 18.6 Å². The van der Waals surface area contributed by atoms with Crippen LogP contribution in [0.15, 0.2) is 0 Å². The van der Waals surface area contributed by atoms with Crippen molar-refractivity contribution in [1.29, 1.82) is 0 Å². The molecule has 0 heterocycles. The van der Waals surface area contributed by atoms with Gasteiger partial charge in [0.2, 0.25) is 5.91 Å². The Morgan fingerprint density at radius 2 is 1.86 bits per heavy atom. The van der Waals surface area contributed by atoms with Crippen LogP contribution < -0.4 is 5.32 Å². The van der Waals surface area contributed by atoms with Crippen LogP contribution in [0, 0.1) is 5.92 Å². The first kappa shape index (κ1) is 13.4. The summed E-state index contributed by atoms with van der Waals surface area (Å²) in [5, 5.41) is 2.95. The molecule has 0 bridgehead atoms. The maximum atomic E-state index is 11.3. The van der Waals surface area contributed by atoms with Gasteiger partial charge in [0.15, 0.2) is 0 Å². The molecule has 1 unspecified atom stereocenters. The lowest BCUT2D eigenvalue weighted by atomic mass is 9.95. The predicted molar refractivity (Wildman–Crippen MR) is 58.2 cm³/mol. The van der Waals surface area contributed by atoms with Crippen LogP contribution in [-0.2, 0) is 9.53 Å². The van der Waals surface area contributed by atoms with Gasteiger partial charge in [-0.1, -0.05) is 26.7 Å². The maximum absolute atomic E-state index is 11.3. The van der Waals surface area contributed by atoms with Gasteiger partial charge in [-0.25, -0.2) is 0 Å². The summed E-state index contributed by atoms with van der Waals surface area (Å²) in [6.45, 7) is 9.02. The SMILES string of the molecule is CCOCC(=O)NC(C)C(CC)CC. The van der Waals surface area contributed by atoms with E-state index < -0.39 is 0 Å². The Labute approximate surface area is 87.2 Å². The minimum absolute atomic E-state index is 0.00810. The number of carbonyl (C=O) groups excluding carboxylic acids is 1. The number of hydrogen-bond acceptors (Lipinski definition) is 2. The van der Waals surface area contributed by atoms with Crippen molar-refractivity contribution in [3.63, 3.8) is 0 Å². The highest BCUT2D eigenvalue weighted by Gasteiger charge is 2.15. The summed E-state index contributed by atoms with van der Waals surface area (Å²) in [4.78, 5) is 11.3. The van der Waals surface area contributed by atoms with E-state index in [4.69, 9.17) is 4.74 Å². The molecule has 0 aliphatic rings. The second kappa shape index (κ2) is 7.80. The van der Waals surface area contributed by atoms with Crippen molar-refractivity contribution in [2.75, 3.05) is 13.2 Å². The van der Waals surface area contributed by atoms with Crippen LogP contribution >= 0.6 is 0 Å². The van der Waals surface area contributed by atoms with Crippen molar-refractivity contribution in [2.24, 2.45) is 5.92 Å². The average molecular weight is 201 g/mol. The van der Waals surface area contributed by atoms with Gasteiger partial charge < -0.3 is 10.1 Å². The van der Waals surface area contributed by atoms with E-state index >= 15 is 0 Å². The Morgan fingerprint density at radius 3 is 2.29 bits per heavy atom. The second-order valence-corrected chi connectivity index (χ2v) is 3.57. The Kier molecular flexibility index (Phi) is 7.48. The summed E-state index contributed by atoms with van der Waals surface area (Å²) in [5.74, 6) is 0.562. The fraction of sp³-hybridized carbons (Fsp3) is 0.909. The molecule has 3 heteroatoms. The van der Waals surface area contributed by atoms with Crippen molar-refractivity contribution in [2.45, 2.75) is 46.6 Å². The average Bonchev–Trinajstić information content (AvgIpc) is 2.16. The molecule has 0 aromatic carbocycles. The largest absolute Gasteiger partial charge is 0.372 e. The van der Waals surface area contributed by atoms with Gasteiger partial charge in [-0.15, -0.1) is 0 Å². The molecule has 0 saturated carbocycles. The molecule has 0 spiro atoms. The molecule has 1 amide bonds. The molecule has 0 aliphatic carbocycles. The Balaban J connectivity index is 3.79. The molecule has 0 aromatic heterocycles. The van der Waals surface area contributed by atoms with Gasteiger partial charge in [-0.2, -0.15) is 0 Å². The van der Waals surface area contributed by atoms with E-state index in [0.717, 1.165) is 12.8 Å². The second-order valence-electron chi connectivity index (χ2n) is 3.57. The van der Waals surface area contributed by atoms with Gasteiger partial charge >= 0.3 is 0 Å². The minimum Gasteiger partial charge on any atom is -0.372 e. The zero-order valence-corrected chi connectivity index (χ0v) is 9.80. The number of ether oxygens (including phenoxy) is 1. The molecule has 14 heavy (non-hydrogen) atoms. The number of amides is 1. The summed E-state index contributed by atoms with van der Waals surface area (Å²) in [5.41, 5.74) is 0. The van der Waals surface area contributed by atoms with E-state index in [9.17, 15) is 4.79 Å². The predicted octanol–water partition coefficient (Wildman–Crippen LogP) is 1.96. The lowest BCUT2D eigenvalue weighted by Crippen LogP contribution is -2.39. The third-order valence-electron chi connectivity index (χ3n) is 2.58. The van der Waals surface area contributed by atoms with E-state index in [2.05, 4.69) is 26.1 Å². The molecule has 1 N–H and O–H groups in total. The summed E-state index contributed by atoms with van der Waals surface area (Å²) in [7, 11) is 0. The van der Waals surface area contributed by atoms with Crippen LogP contribution in [0.25, 0.3) is 0 Å². The monoisotopic (exact) mass is 201 g/mol. The molecular weight excluding hydrogens is 178 g/mol. The number of hydrogen-bond donors (Lipinski definition) is 1. The Hall–Kier alpha value is -0.570. The zero-order chi connectivity index (χ0) is 11.0. The van der Waals surface area contributed by atoms with E-state index in [0.29, 0.717) is 12.5 Å². The van der Waals surface area contributed by atoms with Gasteiger partial charge in [0.1, 0.15) is 6.61 Å². The lowest BCUT2D eigenvalue weighted by molar-refractivity contribution is -0.126. The lowest BCUT2D eigenvalue weighted by Gasteiger charge is -2.22. The van der Waals surface area contributed by atoms with Gasteiger partial charge in [0.05, 0.1) is 0 Å². The third kappa shape index (κ3) is 5.22. The first-order chi connectivity index (χ1) is 6.65. The van der Waals surface area contributed by atoms with Crippen molar-refractivity contribution >= 4 is 5.91 Å². The van der Waals surface area contributed by atoms with Gasteiger partial charge in [0, 0.05) is 12.6 Å². The Bertz CT molecular complexity index is 155. The normalized spacial score (nSPS) is 12.9. The summed E-state index contributed by atoms with van der Waals surface area (Å²) < 4.78 is 5.03. The highest BCUT2D eigenvalue weighted by Crippen LogP contribution is 2.12. The molecule has 0 rings (SSSR count). The quantitative estimate of drug-likeness (QED) is 0.684. The maximum Gasteiger partial charge on any atom is 0.246 e. The fourth-order valence-corrected chi connectivity index (χ4v) is 1.60. The van der Waals surface area contributed by atoms with Crippen LogP contribution in [0.3, 0.4) is 0 Å². The van der Waals surface area contributed by atoms with E-state index in [1.165, 1.54) is 0 Å². The third-order valence-corrected chi connectivity index (χ3v) is 2.58. The van der Waals surface area contributed by atoms with Crippen molar-refractivity contribution in [3.05, 3.63) is 0 Å². The standard InChI is InChI=1S/C11H23NO2/c1-5-10(6-2)9(4)12-11(13)8-14-7-3/h9-10H,5-8H2,1-4H3,(H,12,13). The van der Waals surface area contributed by atoms with Crippen molar-refractivity contribution in [1.82, 2.24) is 5.32 Å². The van der Waals surface area contributed by atoms with Crippen LogP contribution in [-0.4, -0.2) is 25.2 Å². The first-order valence-electron chi connectivity index (χ1n) is 5.52. The molecule has 1 atom stereocenters. The topological polar surface area (TPSA) is 38.3 Å². The molecule has 0 saturated heterocycles. The van der Waals surface area contributed by atoms with E-state index in [1.807, 2.05) is 6.92 Å². The molecule has 3 nitrogen and oxygen atoms in total. The van der Waals surface area contributed by atoms with Crippen molar-refractivity contribution < 1.29 is 9.53 Å². The fourth-order valence-electron chi connectivity index (χ4n) is 1.60. The smallest absolute Gasteiger partial charge is 0.246 e. The highest BCUT2D eigenvalue weighted by molar-refractivity contribution is 5.77. The highest BCUT2D eigenvalue weighted by atomic mass is 16.5. The van der Waals surface area contributed by atoms with Crippen molar-refractivity contribution in [3.8, 4) is 0 Å². The summed E-state index contributed by atoms with van der Waals surface area (Å²) in [6, 6.07) is 0.248. The van der Waals surface area contributed by atoms with Crippen LogP contribution in [0.1, 0.15) is 40.5 Å². The summed E-state index contributed by atoms with van der Waals surface area (Å²) in [6.07, 6.45) is 2.21. The van der Waals surface area contributed by atoms with Crippen LogP contribution in [0.2, 0.25) is 0 Å². The van der Waals surface area contributed by atoms with Gasteiger partial charge in [-0.3, -0.25) is 4.79 Å². The number of carbonyl (C=O) groups is 1. The number of rotatable bonds is 7. The zero-order valence-electron chi connectivity index (χ0n) is 9.80. The molecule has 0 radical (unpaired) electrons. The minimum atomic E-state index is -0.00810. The molecule has 84 valence electrons. The van der Waals surface area contributed by atoms with Gasteiger partial charge in [-0.05, 0) is 19.8 Å². The summed E-state index contributed by atoms with van der Waals surface area (Å²) >= 11 is 0. The van der Waals surface area contributed by atoms with E-state index in [1.54, 1.807) is 0 Å². The van der Waals surface area contributed by atoms with Crippen LogP contribution in [0.4, 0.5) is 0 Å². The molecular formula is C11H23NO2. The van der Waals surface area contributed by atoms with Crippen LogP contribution in [0.5, 0.6) is 0 Å². The number of nitrogens with one attached hydrogen (secondary N) is 1. The van der Waals surface area contributed by atoms with Gasteiger partial charge in [0.25, 0.3) is 0 Å². The Morgan fingerprint density at radius 1 is 1.29 bits per heavy atom.